The number of benzene rings is 4. The number of amides is 1. The molecule has 0 fully saturated rings. The first kappa shape index (κ1) is 29.2. The Kier molecular flexibility index (Phi) is 8.36. The molecule has 0 aromatic heterocycles. The third-order valence-electron chi connectivity index (χ3n) is 7.79. The van der Waals surface area contributed by atoms with Crippen LogP contribution < -0.4 is 0 Å². The number of aliphatic hydroxyl groups excluding tert-OH is 1. The van der Waals surface area contributed by atoms with Crippen LogP contribution in [0.3, 0.4) is 0 Å². The fourth-order valence-corrected chi connectivity index (χ4v) is 5.72. The van der Waals surface area contributed by atoms with E-state index < -0.39 is 58.2 Å². The van der Waals surface area contributed by atoms with Crippen LogP contribution in [0.15, 0.2) is 91.0 Å². The molecule has 0 spiro atoms. The summed E-state index contributed by atoms with van der Waals surface area (Å²) in [5.41, 5.74) is 1.49. The zero-order valence-corrected chi connectivity index (χ0v) is 23.0. The molecule has 4 N–H and O–H groups in total. The van der Waals surface area contributed by atoms with Gasteiger partial charge in [-0.2, -0.15) is 0 Å². The minimum Gasteiger partial charge on any atom is -0.478 e. The fourth-order valence-electron chi connectivity index (χ4n) is 5.72. The van der Waals surface area contributed by atoms with Crippen molar-refractivity contribution in [3.63, 3.8) is 0 Å². The third-order valence-corrected chi connectivity index (χ3v) is 7.79. The lowest BCUT2D eigenvalue weighted by atomic mass is 9.86. The molecule has 0 aliphatic heterocycles. The molecular formula is C34H29NO8. The summed E-state index contributed by atoms with van der Waals surface area (Å²) in [6.45, 7) is 0.0231. The predicted molar refractivity (Wildman–Crippen MR) is 156 cm³/mol. The van der Waals surface area contributed by atoms with Gasteiger partial charge >= 0.3 is 17.9 Å². The van der Waals surface area contributed by atoms with Gasteiger partial charge in [0.25, 0.3) is 5.91 Å². The molecule has 0 radical (unpaired) electrons. The molecular weight excluding hydrogens is 550 g/mol. The van der Waals surface area contributed by atoms with Crippen molar-refractivity contribution in [2.45, 2.75) is 38.0 Å². The molecule has 5 rings (SSSR count). The molecule has 1 aliphatic rings. The number of aromatic carboxylic acids is 3. The maximum atomic E-state index is 14.4. The third kappa shape index (κ3) is 6.02. The van der Waals surface area contributed by atoms with Crippen molar-refractivity contribution >= 4 is 23.8 Å². The molecule has 218 valence electrons. The molecule has 4 aromatic carbocycles. The van der Waals surface area contributed by atoms with Crippen LogP contribution in [-0.2, 0) is 13.0 Å². The second kappa shape index (κ2) is 12.3. The van der Waals surface area contributed by atoms with Crippen molar-refractivity contribution in [1.82, 2.24) is 4.90 Å². The highest BCUT2D eigenvalue weighted by Crippen LogP contribution is 2.37. The number of carboxylic acid groups (broad SMARTS) is 3. The Labute approximate surface area is 247 Å². The zero-order valence-electron chi connectivity index (χ0n) is 23.0. The number of fused-ring (bicyclic) bond motifs is 1. The van der Waals surface area contributed by atoms with Gasteiger partial charge in [-0.1, -0.05) is 78.9 Å². The minimum atomic E-state index is -1.62. The van der Waals surface area contributed by atoms with Gasteiger partial charge in [0.1, 0.15) is 6.10 Å². The van der Waals surface area contributed by atoms with Crippen molar-refractivity contribution in [2.24, 2.45) is 0 Å². The number of rotatable bonds is 9. The largest absolute Gasteiger partial charge is 0.478 e. The SMILES string of the molecule is O=C(O)c1cc(C(=O)O)c(C(=O)N(Cc2cccc(C(O)c3ccccc3)c2)[C@H]2CCCc3ccccc32)cc1C(=O)O. The lowest BCUT2D eigenvalue weighted by molar-refractivity contribution is 0.0610. The van der Waals surface area contributed by atoms with Gasteiger partial charge in [0, 0.05) is 6.54 Å². The summed E-state index contributed by atoms with van der Waals surface area (Å²) in [5.74, 6) is -5.52. The molecule has 0 heterocycles. The average molecular weight is 580 g/mol. The zero-order chi connectivity index (χ0) is 30.7. The number of nitrogens with zero attached hydrogens (tertiary/aromatic N) is 1. The Balaban J connectivity index is 1.62. The molecule has 1 aliphatic carbocycles. The lowest BCUT2D eigenvalue weighted by Gasteiger charge is -2.36. The van der Waals surface area contributed by atoms with Crippen molar-refractivity contribution in [2.75, 3.05) is 0 Å². The van der Waals surface area contributed by atoms with Gasteiger partial charge < -0.3 is 25.3 Å². The van der Waals surface area contributed by atoms with E-state index in [1.807, 2.05) is 42.5 Å². The molecule has 1 amide bonds. The molecule has 43 heavy (non-hydrogen) atoms. The fraction of sp³-hybridized carbons (Fsp3) is 0.176. The highest BCUT2D eigenvalue weighted by molar-refractivity contribution is 6.10. The second-order valence-corrected chi connectivity index (χ2v) is 10.5. The van der Waals surface area contributed by atoms with Crippen LogP contribution in [-0.4, -0.2) is 49.1 Å². The standard InChI is InChI=1S/C34H29NO8/c36-30(22-10-2-1-3-11-22)23-13-6-8-20(16-23)19-35(29-15-7-12-21-9-4-5-14-24(21)29)31(37)25-17-27(33(40)41)28(34(42)43)18-26(25)32(38)39/h1-6,8-11,13-14,16-18,29-30,36H,7,12,15,19H2,(H,38,39)(H,40,41)(H,42,43)/t29-,30?/m0/s1. The van der Waals surface area contributed by atoms with E-state index in [9.17, 15) is 39.6 Å². The molecule has 1 unspecified atom stereocenters. The monoisotopic (exact) mass is 579 g/mol. The Morgan fingerprint density at radius 2 is 1.28 bits per heavy atom. The number of carboxylic acids is 3. The van der Waals surface area contributed by atoms with Gasteiger partial charge in [-0.05, 0) is 59.2 Å². The Hall–Kier alpha value is -5.28. The maximum Gasteiger partial charge on any atom is 0.336 e. The summed E-state index contributed by atoms with van der Waals surface area (Å²) in [7, 11) is 0. The normalized spacial score (nSPS) is 14.8. The predicted octanol–water partition coefficient (Wildman–Crippen LogP) is 5.58. The Morgan fingerprint density at radius 1 is 0.698 bits per heavy atom. The van der Waals surface area contributed by atoms with E-state index >= 15 is 0 Å². The first-order valence-corrected chi connectivity index (χ1v) is 13.7. The van der Waals surface area contributed by atoms with Gasteiger partial charge in [0.2, 0.25) is 0 Å². The van der Waals surface area contributed by atoms with Crippen LogP contribution in [0.1, 0.15) is 94.2 Å². The second-order valence-electron chi connectivity index (χ2n) is 10.5. The molecule has 2 atom stereocenters. The molecule has 9 nitrogen and oxygen atoms in total. The van der Waals surface area contributed by atoms with Crippen LogP contribution in [0.25, 0.3) is 0 Å². The van der Waals surface area contributed by atoms with Crippen molar-refractivity contribution in [1.29, 1.82) is 0 Å². The van der Waals surface area contributed by atoms with Crippen molar-refractivity contribution < 1.29 is 39.6 Å². The number of carbonyl (C=O) groups excluding carboxylic acids is 1. The van der Waals surface area contributed by atoms with E-state index in [1.54, 1.807) is 36.4 Å². The lowest BCUT2D eigenvalue weighted by Crippen LogP contribution is -2.37. The number of aliphatic hydroxyl groups is 1. The van der Waals surface area contributed by atoms with Gasteiger partial charge in [0.05, 0.1) is 28.3 Å². The topological polar surface area (TPSA) is 152 Å². The number of carbonyl (C=O) groups is 4. The smallest absolute Gasteiger partial charge is 0.336 e. The summed E-state index contributed by atoms with van der Waals surface area (Å²) in [4.78, 5) is 51.8. The van der Waals surface area contributed by atoms with Gasteiger partial charge in [-0.15, -0.1) is 0 Å². The van der Waals surface area contributed by atoms with Gasteiger partial charge in [-0.25, -0.2) is 14.4 Å². The van der Waals surface area contributed by atoms with Crippen molar-refractivity contribution in [3.05, 3.63) is 141 Å². The van der Waals surface area contributed by atoms with E-state index in [4.69, 9.17) is 0 Å². The van der Waals surface area contributed by atoms with E-state index in [1.165, 1.54) is 4.90 Å². The maximum absolute atomic E-state index is 14.4. The summed E-state index contributed by atoms with van der Waals surface area (Å²) in [6.07, 6.45) is 1.24. The van der Waals surface area contributed by atoms with Crippen LogP contribution in [0, 0.1) is 0 Å². The Morgan fingerprint density at radius 3 is 1.95 bits per heavy atom. The molecule has 9 heteroatoms. The first-order valence-electron chi connectivity index (χ1n) is 13.7. The minimum absolute atomic E-state index is 0.0231. The number of hydrogen-bond donors (Lipinski definition) is 4. The van der Waals surface area contributed by atoms with Crippen LogP contribution in [0.4, 0.5) is 0 Å². The average Bonchev–Trinajstić information content (AvgIpc) is 3.02. The highest BCUT2D eigenvalue weighted by atomic mass is 16.4. The van der Waals surface area contributed by atoms with E-state index in [0.29, 0.717) is 23.1 Å². The van der Waals surface area contributed by atoms with Crippen molar-refractivity contribution in [3.8, 4) is 0 Å². The van der Waals surface area contributed by atoms with Crippen LogP contribution >= 0.6 is 0 Å². The van der Waals surface area contributed by atoms with Gasteiger partial charge in [0.15, 0.2) is 0 Å². The van der Waals surface area contributed by atoms with E-state index in [2.05, 4.69) is 0 Å². The molecule has 0 saturated heterocycles. The number of hydrogen-bond acceptors (Lipinski definition) is 5. The van der Waals surface area contributed by atoms with Gasteiger partial charge in [-0.3, -0.25) is 4.79 Å². The summed E-state index contributed by atoms with van der Waals surface area (Å²) in [6, 6.07) is 25.0. The van der Waals surface area contributed by atoms with E-state index in [-0.39, 0.29) is 6.54 Å². The first-order chi connectivity index (χ1) is 20.7. The molecule has 0 bridgehead atoms. The van der Waals surface area contributed by atoms with Crippen LogP contribution in [0.5, 0.6) is 0 Å². The highest BCUT2D eigenvalue weighted by Gasteiger charge is 2.34. The quantitative estimate of drug-likeness (QED) is 0.200. The summed E-state index contributed by atoms with van der Waals surface area (Å²) < 4.78 is 0. The summed E-state index contributed by atoms with van der Waals surface area (Å²) in [5, 5.41) is 40.2. The Bertz CT molecular complexity index is 1710. The molecule has 4 aromatic rings. The molecule has 0 saturated carbocycles. The summed E-state index contributed by atoms with van der Waals surface area (Å²) >= 11 is 0. The number of aryl methyl sites for hydroxylation is 1. The van der Waals surface area contributed by atoms with Crippen LogP contribution in [0.2, 0.25) is 0 Å². The van der Waals surface area contributed by atoms with E-state index in [0.717, 1.165) is 36.1 Å².